The molecule has 3 aromatic rings. The first kappa shape index (κ1) is 28.1. The number of nitrogens with zero attached hydrogens (tertiary/aromatic N) is 2. The molecule has 0 atom stereocenters. The van der Waals surface area contributed by atoms with Crippen LogP contribution in [0.3, 0.4) is 0 Å². The molecule has 0 aromatic heterocycles. The minimum Gasteiger partial charge on any atom is -0.324 e. The molecule has 3 aromatic carbocycles. The maximum absolute atomic E-state index is 13.1. The first-order chi connectivity index (χ1) is 17.2. The minimum absolute atomic E-state index is 0.0172. The number of rotatable bonds is 8. The van der Waals surface area contributed by atoms with Crippen LogP contribution in [0.2, 0.25) is 0 Å². The molecule has 0 aliphatic heterocycles. The Morgan fingerprint density at radius 1 is 0.865 bits per heavy atom. The molecule has 3 rings (SSSR count). The molecule has 37 heavy (non-hydrogen) atoms. The smallest absolute Gasteiger partial charge is 0.304 e. The maximum atomic E-state index is 13.1. The molecule has 0 fully saturated rings. The molecule has 0 unspecified atom stereocenters. The van der Waals surface area contributed by atoms with Crippen molar-refractivity contribution >= 4 is 33.3 Å². The Labute approximate surface area is 220 Å². The van der Waals surface area contributed by atoms with Gasteiger partial charge in [-0.05, 0) is 54.2 Å². The Morgan fingerprint density at radius 2 is 1.51 bits per heavy atom. The van der Waals surface area contributed by atoms with Gasteiger partial charge in [0.2, 0.25) is 5.91 Å². The van der Waals surface area contributed by atoms with Gasteiger partial charge in [-0.3, -0.25) is 9.59 Å². The largest absolute Gasteiger partial charge is 0.324 e. The summed E-state index contributed by atoms with van der Waals surface area (Å²) in [4.78, 5) is 26.1. The van der Waals surface area contributed by atoms with Crippen LogP contribution >= 0.6 is 0 Å². The van der Waals surface area contributed by atoms with Crippen molar-refractivity contribution in [3.63, 3.8) is 0 Å². The molecular formula is C29H35N3O4S. The molecular weight excluding hydrogens is 486 g/mol. The van der Waals surface area contributed by atoms with Crippen molar-refractivity contribution < 1.29 is 18.0 Å². The van der Waals surface area contributed by atoms with E-state index < -0.39 is 22.7 Å². The van der Waals surface area contributed by atoms with Crippen molar-refractivity contribution in [2.24, 2.45) is 0 Å². The maximum Gasteiger partial charge on any atom is 0.304 e. The summed E-state index contributed by atoms with van der Waals surface area (Å²) in [7, 11) is -1.09. The second kappa shape index (κ2) is 10.9. The third-order valence-corrected chi connectivity index (χ3v) is 7.89. The molecule has 0 aliphatic carbocycles. The third kappa shape index (κ3) is 6.64. The summed E-state index contributed by atoms with van der Waals surface area (Å²) >= 11 is 0. The van der Waals surface area contributed by atoms with Crippen molar-refractivity contribution in [2.75, 3.05) is 30.3 Å². The van der Waals surface area contributed by atoms with Gasteiger partial charge in [0.15, 0.2) is 5.78 Å². The number of carbonyl (C=O) groups is 2. The first-order valence-corrected chi connectivity index (χ1v) is 13.4. The number of nitrogens with one attached hydrogen (secondary N) is 1. The van der Waals surface area contributed by atoms with Crippen molar-refractivity contribution in [1.29, 1.82) is 0 Å². The van der Waals surface area contributed by atoms with Gasteiger partial charge in [0, 0.05) is 30.9 Å². The van der Waals surface area contributed by atoms with E-state index in [9.17, 15) is 18.0 Å². The Hall–Kier alpha value is -3.49. The summed E-state index contributed by atoms with van der Waals surface area (Å²) in [5.41, 5.74) is 4.54. The van der Waals surface area contributed by atoms with Crippen molar-refractivity contribution in [1.82, 2.24) is 4.31 Å². The van der Waals surface area contributed by atoms with Gasteiger partial charge in [-0.2, -0.15) is 12.7 Å². The van der Waals surface area contributed by atoms with Crippen LogP contribution in [0, 0.1) is 13.8 Å². The molecule has 0 bridgehead atoms. The quantitative estimate of drug-likeness (QED) is 0.419. The van der Waals surface area contributed by atoms with Crippen LogP contribution in [-0.4, -0.2) is 45.1 Å². The number of aryl methyl sites for hydroxylation is 2. The van der Waals surface area contributed by atoms with E-state index >= 15 is 0 Å². The SMILES string of the molecule is Cc1ccc(C)c(N(CC(=O)Nc2cccc(C(=O)c3ccc(C(C)(C)C)cc3)c2)S(=O)(=O)N(C)C)c1. The van der Waals surface area contributed by atoms with Crippen LogP contribution in [0.4, 0.5) is 11.4 Å². The van der Waals surface area contributed by atoms with Gasteiger partial charge in [0.05, 0.1) is 5.69 Å². The number of carbonyl (C=O) groups excluding carboxylic acids is 2. The zero-order chi connectivity index (χ0) is 27.5. The van der Waals surface area contributed by atoms with Crippen LogP contribution < -0.4 is 9.62 Å². The lowest BCUT2D eigenvalue weighted by atomic mass is 9.86. The summed E-state index contributed by atoms with van der Waals surface area (Å²) in [6.07, 6.45) is 0. The normalized spacial score (nSPS) is 11.9. The first-order valence-electron chi connectivity index (χ1n) is 12.0. The summed E-state index contributed by atoms with van der Waals surface area (Å²) in [6, 6.07) is 19.6. The van der Waals surface area contributed by atoms with E-state index in [1.54, 1.807) is 37.3 Å². The Bertz CT molecular complexity index is 1410. The summed E-state index contributed by atoms with van der Waals surface area (Å²) in [6.45, 7) is 9.58. The molecule has 0 aliphatic rings. The summed E-state index contributed by atoms with van der Waals surface area (Å²) in [5.74, 6) is -0.686. The van der Waals surface area contributed by atoms with Gasteiger partial charge in [0.1, 0.15) is 6.54 Å². The van der Waals surface area contributed by atoms with Crippen LogP contribution in [0.25, 0.3) is 0 Å². The highest BCUT2D eigenvalue weighted by Gasteiger charge is 2.28. The molecule has 7 nitrogen and oxygen atoms in total. The minimum atomic E-state index is -3.94. The molecule has 8 heteroatoms. The molecule has 0 saturated heterocycles. The van der Waals surface area contributed by atoms with Gasteiger partial charge < -0.3 is 5.32 Å². The predicted molar refractivity (Wildman–Crippen MR) is 150 cm³/mol. The molecule has 196 valence electrons. The lowest BCUT2D eigenvalue weighted by Crippen LogP contribution is -2.44. The van der Waals surface area contributed by atoms with E-state index in [-0.39, 0.29) is 11.2 Å². The summed E-state index contributed by atoms with van der Waals surface area (Å²) < 4.78 is 28.4. The molecule has 0 heterocycles. The Balaban J connectivity index is 1.83. The second-order valence-corrected chi connectivity index (χ2v) is 12.4. The Kier molecular flexibility index (Phi) is 8.25. The van der Waals surface area contributed by atoms with E-state index in [1.165, 1.54) is 14.1 Å². The number of ketones is 1. The van der Waals surface area contributed by atoms with Gasteiger partial charge in [-0.1, -0.05) is 69.3 Å². The second-order valence-electron chi connectivity index (χ2n) is 10.4. The third-order valence-electron chi connectivity index (χ3n) is 6.08. The average Bonchev–Trinajstić information content (AvgIpc) is 2.83. The fourth-order valence-electron chi connectivity index (χ4n) is 3.83. The zero-order valence-electron chi connectivity index (χ0n) is 22.5. The highest BCUT2D eigenvalue weighted by atomic mass is 32.2. The van der Waals surface area contributed by atoms with E-state index in [4.69, 9.17) is 0 Å². The van der Waals surface area contributed by atoms with Gasteiger partial charge in [-0.15, -0.1) is 0 Å². The van der Waals surface area contributed by atoms with Gasteiger partial charge >= 0.3 is 10.2 Å². The molecule has 0 radical (unpaired) electrons. The monoisotopic (exact) mass is 521 g/mol. The highest BCUT2D eigenvalue weighted by molar-refractivity contribution is 7.90. The van der Waals surface area contributed by atoms with Crippen LogP contribution in [-0.2, 0) is 20.4 Å². The predicted octanol–water partition coefficient (Wildman–Crippen LogP) is 5.08. The fraction of sp³-hybridized carbons (Fsp3) is 0.310. The van der Waals surface area contributed by atoms with Crippen molar-refractivity contribution in [3.8, 4) is 0 Å². The van der Waals surface area contributed by atoms with Crippen molar-refractivity contribution in [2.45, 2.75) is 40.0 Å². The number of hydrogen-bond acceptors (Lipinski definition) is 4. The Morgan fingerprint density at radius 3 is 2.11 bits per heavy atom. The number of amides is 1. The average molecular weight is 522 g/mol. The topological polar surface area (TPSA) is 86.8 Å². The van der Waals surface area contributed by atoms with Gasteiger partial charge in [0.25, 0.3) is 0 Å². The molecule has 0 spiro atoms. The fourth-order valence-corrected chi connectivity index (χ4v) is 4.95. The molecule has 1 amide bonds. The lowest BCUT2D eigenvalue weighted by Gasteiger charge is -2.28. The lowest BCUT2D eigenvalue weighted by molar-refractivity contribution is -0.114. The molecule has 1 N–H and O–H groups in total. The standard InChI is InChI=1S/C29H35N3O4S/c1-20-11-12-21(2)26(17-20)32(37(35,36)31(6)7)19-27(33)30-25-10-8-9-23(18-25)28(34)22-13-15-24(16-14-22)29(3,4)5/h8-18H,19H2,1-7H3,(H,30,33). The number of hydrogen-bond donors (Lipinski definition) is 1. The summed E-state index contributed by atoms with van der Waals surface area (Å²) in [5, 5.41) is 2.75. The highest BCUT2D eigenvalue weighted by Crippen LogP contribution is 2.26. The van der Waals surface area contributed by atoms with E-state index in [1.807, 2.05) is 43.3 Å². The van der Waals surface area contributed by atoms with E-state index in [0.717, 1.165) is 25.3 Å². The zero-order valence-corrected chi connectivity index (χ0v) is 23.3. The molecule has 0 saturated carbocycles. The van der Waals surface area contributed by atoms with E-state index in [2.05, 4.69) is 26.1 Å². The van der Waals surface area contributed by atoms with Crippen LogP contribution in [0.1, 0.15) is 53.4 Å². The van der Waals surface area contributed by atoms with Crippen LogP contribution in [0.15, 0.2) is 66.7 Å². The number of anilines is 2. The van der Waals surface area contributed by atoms with E-state index in [0.29, 0.717) is 22.5 Å². The van der Waals surface area contributed by atoms with Crippen molar-refractivity contribution in [3.05, 3.63) is 94.5 Å². The number of benzene rings is 3. The van der Waals surface area contributed by atoms with Crippen LogP contribution in [0.5, 0.6) is 0 Å². The van der Waals surface area contributed by atoms with Gasteiger partial charge in [-0.25, -0.2) is 4.31 Å².